The van der Waals surface area contributed by atoms with Gasteiger partial charge in [-0.3, -0.25) is 9.48 Å². The van der Waals surface area contributed by atoms with Crippen molar-refractivity contribution in [3.63, 3.8) is 0 Å². The number of hydrogen-bond donors (Lipinski definition) is 1. The standard InChI is InChI=1S/C27H26F2N4O2/c1-27(2,3)26(35)32-8-7-22-20(14-32)24(16-6-4-5-15(9-16)13-30)31-33(22)25-19-10-17(28)11-21(29)18(19)12-23(25)34/h4-6,9-11,23,25,34H,7-8,12,14H2,1-3H3/t23-,25+/m0/s1. The predicted molar refractivity (Wildman–Crippen MR) is 125 cm³/mol. The monoisotopic (exact) mass is 476 g/mol. The van der Waals surface area contributed by atoms with Crippen LogP contribution >= 0.6 is 0 Å². The zero-order valence-corrected chi connectivity index (χ0v) is 19.8. The molecule has 6 nitrogen and oxygen atoms in total. The Morgan fingerprint density at radius 1 is 1.20 bits per heavy atom. The molecule has 2 heterocycles. The molecule has 180 valence electrons. The molecule has 0 spiro atoms. The zero-order chi connectivity index (χ0) is 25.1. The quantitative estimate of drug-likeness (QED) is 0.603. The molecule has 0 unspecified atom stereocenters. The van der Waals surface area contributed by atoms with E-state index in [1.54, 1.807) is 27.8 Å². The molecule has 0 fully saturated rings. The molecule has 1 aliphatic carbocycles. The van der Waals surface area contributed by atoms with Crippen LogP contribution in [0.15, 0.2) is 36.4 Å². The van der Waals surface area contributed by atoms with Crippen molar-refractivity contribution < 1.29 is 18.7 Å². The molecule has 1 aromatic heterocycles. The summed E-state index contributed by atoms with van der Waals surface area (Å²) >= 11 is 0. The Labute approximate surface area is 202 Å². The Morgan fingerprint density at radius 3 is 2.69 bits per heavy atom. The van der Waals surface area contributed by atoms with Crippen molar-refractivity contribution in [2.45, 2.75) is 52.3 Å². The van der Waals surface area contributed by atoms with Crippen molar-refractivity contribution in [3.8, 4) is 17.3 Å². The Bertz CT molecular complexity index is 1380. The lowest BCUT2D eigenvalue weighted by atomic mass is 9.92. The summed E-state index contributed by atoms with van der Waals surface area (Å²) in [6, 6.07) is 10.5. The molecule has 0 radical (unpaired) electrons. The number of aromatic nitrogens is 2. The third-order valence-electron chi connectivity index (χ3n) is 6.83. The summed E-state index contributed by atoms with van der Waals surface area (Å²) in [7, 11) is 0. The van der Waals surface area contributed by atoms with Crippen molar-refractivity contribution in [2.75, 3.05) is 6.54 Å². The maximum Gasteiger partial charge on any atom is 0.228 e. The molecule has 0 bridgehead atoms. The molecule has 1 aliphatic heterocycles. The van der Waals surface area contributed by atoms with Crippen molar-refractivity contribution in [1.82, 2.24) is 14.7 Å². The largest absolute Gasteiger partial charge is 0.390 e. The lowest BCUT2D eigenvalue weighted by molar-refractivity contribution is -0.140. The van der Waals surface area contributed by atoms with Crippen LogP contribution in [0.1, 0.15) is 54.8 Å². The summed E-state index contributed by atoms with van der Waals surface area (Å²) in [5.74, 6) is -1.36. The minimum absolute atomic E-state index is 0.0167. The van der Waals surface area contributed by atoms with E-state index in [4.69, 9.17) is 5.10 Å². The highest BCUT2D eigenvalue weighted by Gasteiger charge is 2.40. The molecule has 8 heteroatoms. The van der Waals surface area contributed by atoms with E-state index in [0.717, 1.165) is 17.3 Å². The van der Waals surface area contributed by atoms with E-state index >= 15 is 0 Å². The van der Waals surface area contributed by atoms with E-state index in [2.05, 4.69) is 6.07 Å². The van der Waals surface area contributed by atoms with Crippen molar-refractivity contribution >= 4 is 5.91 Å². The first-order valence-corrected chi connectivity index (χ1v) is 11.6. The molecule has 35 heavy (non-hydrogen) atoms. The second-order valence-corrected chi connectivity index (χ2v) is 10.3. The highest BCUT2D eigenvalue weighted by molar-refractivity contribution is 5.82. The van der Waals surface area contributed by atoms with Crippen LogP contribution in [0.2, 0.25) is 0 Å². The van der Waals surface area contributed by atoms with Gasteiger partial charge in [-0.25, -0.2) is 8.78 Å². The van der Waals surface area contributed by atoms with E-state index in [0.29, 0.717) is 47.5 Å². The number of hydrogen-bond acceptors (Lipinski definition) is 4. The van der Waals surface area contributed by atoms with Gasteiger partial charge in [-0.2, -0.15) is 10.4 Å². The Kier molecular flexibility index (Phi) is 5.48. The number of nitriles is 1. The van der Waals surface area contributed by atoms with Gasteiger partial charge in [0, 0.05) is 54.2 Å². The van der Waals surface area contributed by atoms with Gasteiger partial charge in [0.2, 0.25) is 5.91 Å². The predicted octanol–water partition coefficient (Wildman–Crippen LogP) is 4.14. The van der Waals surface area contributed by atoms with Crippen LogP contribution in [-0.2, 0) is 24.2 Å². The first-order valence-electron chi connectivity index (χ1n) is 11.6. The first kappa shape index (κ1) is 23.2. The smallest absolute Gasteiger partial charge is 0.228 e. The summed E-state index contributed by atoms with van der Waals surface area (Å²) in [6.07, 6.45) is -0.426. The van der Waals surface area contributed by atoms with Crippen LogP contribution in [0.25, 0.3) is 11.3 Å². The van der Waals surface area contributed by atoms with Gasteiger partial charge in [0.05, 0.1) is 23.4 Å². The first-order chi connectivity index (χ1) is 16.6. The summed E-state index contributed by atoms with van der Waals surface area (Å²) in [5.41, 5.74) is 3.54. The van der Waals surface area contributed by atoms with E-state index in [1.165, 1.54) is 6.07 Å². The number of rotatable bonds is 2. The number of aliphatic hydroxyl groups excluding tert-OH is 1. The van der Waals surface area contributed by atoms with Crippen molar-refractivity contribution in [1.29, 1.82) is 5.26 Å². The van der Waals surface area contributed by atoms with Gasteiger partial charge in [0.25, 0.3) is 0 Å². The van der Waals surface area contributed by atoms with Crippen LogP contribution in [0.4, 0.5) is 8.78 Å². The fourth-order valence-corrected chi connectivity index (χ4v) is 5.22. The molecule has 5 rings (SSSR count). The maximum absolute atomic E-state index is 14.5. The number of carbonyl (C=O) groups excluding carboxylic acids is 1. The fraction of sp³-hybridized carbons (Fsp3) is 0.370. The Balaban J connectivity index is 1.67. The minimum atomic E-state index is -0.974. The molecular formula is C27H26F2N4O2. The van der Waals surface area contributed by atoms with Gasteiger partial charge in [-0.15, -0.1) is 0 Å². The maximum atomic E-state index is 14.5. The molecule has 2 aromatic carbocycles. The minimum Gasteiger partial charge on any atom is -0.390 e. The molecule has 0 saturated heterocycles. The second-order valence-electron chi connectivity index (χ2n) is 10.3. The Hall–Kier alpha value is -3.57. The summed E-state index contributed by atoms with van der Waals surface area (Å²) in [6.45, 7) is 6.42. The number of halogens is 2. The Morgan fingerprint density at radius 2 is 1.97 bits per heavy atom. The second kappa shape index (κ2) is 8.28. The van der Waals surface area contributed by atoms with E-state index in [9.17, 15) is 23.9 Å². The topological polar surface area (TPSA) is 82.2 Å². The number of amides is 1. The molecule has 3 aromatic rings. The van der Waals surface area contributed by atoms with Crippen LogP contribution in [0.5, 0.6) is 0 Å². The highest BCUT2D eigenvalue weighted by Crippen LogP contribution is 2.41. The van der Waals surface area contributed by atoms with Crippen LogP contribution < -0.4 is 0 Å². The van der Waals surface area contributed by atoms with Crippen LogP contribution in [0, 0.1) is 28.4 Å². The van der Waals surface area contributed by atoms with Gasteiger partial charge in [-0.05, 0) is 29.3 Å². The highest BCUT2D eigenvalue weighted by atomic mass is 19.1. The number of carbonyl (C=O) groups is 1. The zero-order valence-electron chi connectivity index (χ0n) is 19.8. The number of aliphatic hydroxyl groups is 1. The molecule has 1 amide bonds. The lowest BCUT2D eigenvalue weighted by Gasteiger charge is -2.33. The SMILES string of the molecule is CC(C)(C)C(=O)N1CCc2c(c(-c3cccc(C#N)c3)nn2[C@@H]2c3cc(F)cc(F)c3C[C@@H]2O)C1. The normalized spacial score (nSPS) is 19.3. The van der Waals surface area contributed by atoms with Gasteiger partial charge in [0.15, 0.2) is 0 Å². The van der Waals surface area contributed by atoms with Gasteiger partial charge in [-0.1, -0.05) is 32.9 Å². The molecule has 1 N–H and O–H groups in total. The average Bonchev–Trinajstić information content (AvgIpc) is 3.34. The molecule has 0 saturated carbocycles. The summed E-state index contributed by atoms with van der Waals surface area (Å²) in [4.78, 5) is 14.9. The van der Waals surface area contributed by atoms with E-state index in [-0.39, 0.29) is 12.3 Å². The molecule has 2 atom stereocenters. The van der Waals surface area contributed by atoms with E-state index in [1.807, 2.05) is 26.8 Å². The number of fused-ring (bicyclic) bond motifs is 2. The number of nitrogens with zero attached hydrogens (tertiary/aromatic N) is 4. The van der Waals surface area contributed by atoms with Crippen LogP contribution in [0.3, 0.4) is 0 Å². The average molecular weight is 477 g/mol. The van der Waals surface area contributed by atoms with Crippen LogP contribution in [-0.4, -0.2) is 38.3 Å². The lowest BCUT2D eigenvalue weighted by Crippen LogP contribution is -2.42. The van der Waals surface area contributed by atoms with Gasteiger partial charge < -0.3 is 10.0 Å². The molecule has 2 aliphatic rings. The fourth-order valence-electron chi connectivity index (χ4n) is 5.22. The van der Waals surface area contributed by atoms with Crippen molar-refractivity contribution in [2.24, 2.45) is 5.41 Å². The third-order valence-corrected chi connectivity index (χ3v) is 6.83. The van der Waals surface area contributed by atoms with Gasteiger partial charge in [0.1, 0.15) is 17.7 Å². The van der Waals surface area contributed by atoms with E-state index < -0.39 is 29.2 Å². The third kappa shape index (κ3) is 3.90. The number of benzene rings is 2. The summed E-state index contributed by atoms with van der Waals surface area (Å²) in [5, 5.41) is 25.2. The van der Waals surface area contributed by atoms with Gasteiger partial charge >= 0.3 is 0 Å². The molecular weight excluding hydrogens is 450 g/mol. The summed E-state index contributed by atoms with van der Waals surface area (Å²) < 4.78 is 30.3. The van der Waals surface area contributed by atoms with Crippen molar-refractivity contribution in [3.05, 3.63) is 76.0 Å².